The molecule has 9 heteroatoms. The first-order valence-corrected chi connectivity index (χ1v) is 9.48. The molecule has 1 unspecified atom stereocenters. The van der Waals surface area contributed by atoms with Gasteiger partial charge in [0.25, 0.3) is 0 Å². The zero-order valence-corrected chi connectivity index (χ0v) is 13.9. The molecule has 0 radical (unpaired) electrons. The second-order valence-corrected chi connectivity index (χ2v) is 8.10. The van der Waals surface area contributed by atoms with Crippen LogP contribution in [0.2, 0.25) is 0 Å². The molecule has 0 aliphatic carbocycles. The molecule has 0 spiro atoms. The number of hydrogen-bond donors (Lipinski definition) is 1. The summed E-state index contributed by atoms with van der Waals surface area (Å²) in [6, 6.07) is 4.39. The first-order chi connectivity index (χ1) is 11.2. The minimum absolute atomic E-state index is 0.162. The lowest BCUT2D eigenvalue weighted by molar-refractivity contribution is -0.137. The molecular formula is C15H20F3N3O2S. The third-order valence-electron chi connectivity index (χ3n) is 4.57. The van der Waals surface area contributed by atoms with Crippen LogP contribution in [0, 0.1) is 0 Å². The predicted molar refractivity (Wildman–Crippen MR) is 83.9 cm³/mol. The van der Waals surface area contributed by atoms with Crippen LogP contribution >= 0.6 is 0 Å². The lowest BCUT2D eigenvalue weighted by atomic mass is 10.1. The maximum atomic E-state index is 12.5. The minimum atomic E-state index is -4.42. The average Bonchev–Trinajstić information content (AvgIpc) is 2.53. The van der Waals surface area contributed by atoms with E-state index in [0.29, 0.717) is 12.1 Å². The fourth-order valence-corrected chi connectivity index (χ4v) is 4.38. The Morgan fingerprint density at radius 3 is 2.21 bits per heavy atom. The van der Waals surface area contributed by atoms with Crippen LogP contribution < -0.4 is 4.72 Å². The topological polar surface area (TPSA) is 52.7 Å². The van der Waals surface area contributed by atoms with E-state index in [9.17, 15) is 21.6 Å². The number of hydrogen-bond acceptors (Lipinski definition) is 4. The monoisotopic (exact) mass is 363 g/mol. The Balaban J connectivity index is 1.56. The molecule has 3 saturated heterocycles. The van der Waals surface area contributed by atoms with Crippen molar-refractivity contribution in [2.45, 2.75) is 18.0 Å². The summed E-state index contributed by atoms with van der Waals surface area (Å²) in [5.74, 6) is -0.318. The number of fused-ring (bicyclic) bond motifs is 3. The van der Waals surface area contributed by atoms with Gasteiger partial charge in [0.05, 0.1) is 11.3 Å². The summed E-state index contributed by atoms with van der Waals surface area (Å²) in [7, 11) is -3.58. The highest BCUT2D eigenvalue weighted by Gasteiger charge is 2.32. The van der Waals surface area contributed by atoms with Crippen LogP contribution in [-0.2, 0) is 22.0 Å². The van der Waals surface area contributed by atoms with E-state index in [4.69, 9.17) is 0 Å². The van der Waals surface area contributed by atoms with Gasteiger partial charge in [-0.1, -0.05) is 12.1 Å². The number of alkyl halides is 3. The van der Waals surface area contributed by atoms with Gasteiger partial charge in [-0.2, -0.15) is 13.2 Å². The summed E-state index contributed by atoms with van der Waals surface area (Å²) in [6.07, 6.45) is -4.42. The third-order valence-corrected chi connectivity index (χ3v) is 5.89. The number of nitrogens with zero attached hydrogens (tertiary/aromatic N) is 2. The van der Waals surface area contributed by atoms with E-state index >= 15 is 0 Å². The molecule has 3 aliphatic heterocycles. The number of benzene rings is 1. The molecule has 1 atom stereocenters. The molecule has 134 valence electrons. The number of halogens is 3. The Morgan fingerprint density at radius 2 is 1.71 bits per heavy atom. The predicted octanol–water partition coefficient (Wildman–Crippen LogP) is 1.12. The maximum Gasteiger partial charge on any atom is 0.416 e. The van der Waals surface area contributed by atoms with Gasteiger partial charge in [0.15, 0.2) is 0 Å². The quantitative estimate of drug-likeness (QED) is 0.852. The third kappa shape index (κ3) is 4.27. The number of sulfonamides is 1. The second kappa shape index (κ2) is 6.62. The minimum Gasteiger partial charge on any atom is -0.299 e. The molecule has 4 rings (SSSR count). The molecule has 3 fully saturated rings. The van der Waals surface area contributed by atoms with Crippen molar-refractivity contribution in [1.82, 2.24) is 14.5 Å². The van der Waals surface area contributed by atoms with Gasteiger partial charge in [-0.05, 0) is 17.7 Å². The molecule has 1 aromatic carbocycles. The van der Waals surface area contributed by atoms with Gasteiger partial charge in [0, 0.05) is 45.3 Å². The van der Waals surface area contributed by atoms with E-state index in [1.165, 1.54) is 12.1 Å². The van der Waals surface area contributed by atoms with Gasteiger partial charge in [-0.3, -0.25) is 9.80 Å². The summed E-state index contributed by atoms with van der Waals surface area (Å²) >= 11 is 0. The summed E-state index contributed by atoms with van der Waals surface area (Å²) < 4.78 is 64.5. The van der Waals surface area contributed by atoms with Crippen molar-refractivity contribution in [2.24, 2.45) is 0 Å². The van der Waals surface area contributed by atoms with Crippen LogP contribution in [0.15, 0.2) is 24.3 Å². The van der Waals surface area contributed by atoms with Crippen molar-refractivity contribution in [3.05, 3.63) is 35.4 Å². The first-order valence-electron chi connectivity index (χ1n) is 7.83. The van der Waals surface area contributed by atoms with Gasteiger partial charge in [0.2, 0.25) is 10.0 Å². The summed E-state index contributed by atoms with van der Waals surface area (Å²) in [5, 5.41) is 0. The SMILES string of the molecule is O=S(=O)(Cc1ccc(C(F)(F)F)cc1)NCC1CN2CCN1CC2. The Kier molecular flexibility index (Phi) is 4.87. The van der Waals surface area contributed by atoms with E-state index in [1.807, 2.05) is 0 Å². The van der Waals surface area contributed by atoms with Crippen LogP contribution in [-0.4, -0.2) is 63.5 Å². The lowest BCUT2D eigenvalue weighted by Gasteiger charge is -2.47. The Bertz CT molecular complexity index is 668. The van der Waals surface area contributed by atoms with Crippen molar-refractivity contribution in [3.8, 4) is 0 Å². The van der Waals surface area contributed by atoms with Gasteiger partial charge in [-0.15, -0.1) is 0 Å². The second-order valence-electron chi connectivity index (χ2n) is 6.29. The Labute approximate surface area is 139 Å². The molecule has 2 bridgehead atoms. The highest BCUT2D eigenvalue weighted by atomic mass is 32.2. The average molecular weight is 363 g/mol. The van der Waals surface area contributed by atoms with E-state index in [1.54, 1.807) is 0 Å². The van der Waals surface area contributed by atoms with Crippen molar-refractivity contribution < 1.29 is 21.6 Å². The molecule has 0 saturated carbocycles. The molecule has 1 N–H and O–H groups in total. The number of rotatable bonds is 5. The van der Waals surface area contributed by atoms with E-state index in [-0.39, 0.29) is 11.8 Å². The van der Waals surface area contributed by atoms with Crippen molar-refractivity contribution in [1.29, 1.82) is 0 Å². The molecule has 5 nitrogen and oxygen atoms in total. The van der Waals surface area contributed by atoms with Crippen LogP contribution in [0.3, 0.4) is 0 Å². The molecule has 1 aromatic rings. The van der Waals surface area contributed by atoms with Gasteiger partial charge >= 0.3 is 6.18 Å². The van der Waals surface area contributed by atoms with Crippen LogP contribution in [0.5, 0.6) is 0 Å². The normalized spacial score (nSPS) is 27.4. The lowest BCUT2D eigenvalue weighted by Crippen LogP contribution is -2.63. The van der Waals surface area contributed by atoms with Crippen LogP contribution in [0.1, 0.15) is 11.1 Å². The Hall–Kier alpha value is -1.16. The molecule has 0 amide bonds. The largest absolute Gasteiger partial charge is 0.416 e. The van der Waals surface area contributed by atoms with Crippen molar-refractivity contribution in [2.75, 3.05) is 39.3 Å². The highest BCUT2D eigenvalue weighted by molar-refractivity contribution is 7.88. The number of nitrogens with one attached hydrogen (secondary N) is 1. The Morgan fingerprint density at radius 1 is 1.08 bits per heavy atom. The molecular weight excluding hydrogens is 343 g/mol. The van der Waals surface area contributed by atoms with E-state index in [0.717, 1.165) is 44.9 Å². The van der Waals surface area contributed by atoms with Gasteiger partial charge in [-0.25, -0.2) is 13.1 Å². The zero-order chi connectivity index (χ0) is 17.4. The van der Waals surface area contributed by atoms with E-state index < -0.39 is 21.8 Å². The van der Waals surface area contributed by atoms with Crippen molar-refractivity contribution >= 4 is 10.0 Å². The molecule has 3 aliphatic rings. The molecule has 24 heavy (non-hydrogen) atoms. The van der Waals surface area contributed by atoms with Crippen molar-refractivity contribution in [3.63, 3.8) is 0 Å². The fourth-order valence-electron chi connectivity index (χ4n) is 3.20. The molecule has 3 heterocycles. The first kappa shape index (κ1) is 17.7. The molecule has 0 aromatic heterocycles. The van der Waals surface area contributed by atoms with Gasteiger partial charge in [0.1, 0.15) is 0 Å². The summed E-state index contributed by atoms with van der Waals surface area (Å²) in [4.78, 5) is 4.59. The maximum absolute atomic E-state index is 12.5. The fraction of sp³-hybridized carbons (Fsp3) is 0.600. The summed E-state index contributed by atoms with van der Waals surface area (Å²) in [6.45, 7) is 5.13. The summed E-state index contributed by atoms with van der Waals surface area (Å²) in [5.41, 5.74) is -0.443. The van der Waals surface area contributed by atoms with Crippen LogP contribution in [0.25, 0.3) is 0 Å². The number of piperazine rings is 3. The smallest absolute Gasteiger partial charge is 0.299 e. The van der Waals surface area contributed by atoms with Crippen LogP contribution in [0.4, 0.5) is 13.2 Å². The van der Waals surface area contributed by atoms with Gasteiger partial charge < -0.3 is 0 Å². The highest BCUT2D eigenvalue weighted by Crippen LogP contribution is 2.29. The standard InChI is InChI=1S/C15H20F3N3O2S/c16-15(17,18)13-3-1-12(2-4-13)11-24(22,23)19-9-14-10-20-5-7-21(14)8-6-20/h1-4,14,19H,5-11H2. The zero-order valence-electron chi connectivity index (χ0n) is 13.1. The van der Waals surface area contributed by atoms with E-state index in [2.05, 4.69) is 14.5 Å².